The van der Waals surface area contributed by atoms with Crippen molar-refractivity contribution in [2.24, 2.45) is 0 Å². The summed E-state index contributed by atoms with van der Waals surface area (Å²) in [5.41, 5.74) is 6.47. The van der Waals surface area contributed by atoms with Crippen molar-refractivity contribution in [3.8, 4) is 5.75 Å². The van der Waals surface area contributed by atoms with Crippen LogP contribution in [0.4, 0.5) is 5.69 Å². The van der Waals surface area contributed by atoms with Crippen LogP contribution in [0.25, 0.3) is 0 Å². The Morgan fingerprint density at radius 3 is 2.76 bits per heavy atom. The van der Waals surface area contributed by atoms with Gasteiger partial charge >= 0.3 is 5.97 Å². The van der Waals surface area contributed by atoms with Crippen LogP contribution in [0.5, 0.6) is 5.75 Å². The molecule has 1 aromatic rings. The first kappa shape index (κ1) is 23.3. The molecule has 0 spiro atoms. The van der Waals surface area contributed by atoms with Gasteiger partial charge in [0.2, 0.25) is 0 Å². The Morgan fingerprint density at radius 1 is 1.34 bits per heavy atom. The van der Waals surface area contributed by atoms with E-state index in [9.17, 15) is 9.59 Å². The lowest BCUT2D eigenvalue weighted by atomic mass is 10.0. The van der Waals surface area contributed by atoms with Crippen LogP contribution in [0.2, 0.25) is 5.02 Å². The number of piperidine rings is 1. The molecular formula is C20H30ClN3O5. The van der Waals surface area contributed by atoms with Crippen LogP contribution < -0.4 is 15.8 Å². The van der Waals surface area contributed by atoms with Crippen molar-refractivity contribution in [3.05, 3.63) is 22.7 Å². The van der Waals surface area contributed by atoms with E-state index in [2.05, 4.69) is 10.2 Å². The highest BCUT2D eigenvalue weighted by atomic mass is 35.5. The molecule has 3 N–H and O–H groups in total. The van der Waals surface area contributed by atoms with Gasteiger partial charge in [0.05, 0.1) is 42.1 Å². The molecule has 0 aromatic heterocycles. The van der Waals surface area contributed by atoms with Crippen LogP contribution in [0.15, 0.2) is 12.1 Å². The minimum absolute atomic E-state index is 0.144. The van der Waals surface area contributed by atoms with Crippen LogP contribution >= 0.6 is 11.6 Å². The first-order valence-electron chi connectivity index (χ1n) is 9.74. The molecule has 1 aromatic carbocycles. The predicted octanol–water partition coefficient (Wildman–Crippen LogP) is 2.09. The number of nitrogens with zero attached hydrogens (tertiary/aromatic N) is 1. The molecular weight excluding hydrogens is 398 g/mol. The molecule has 0 radical (unpaired) electrons. The molecule has 0 bridgehead atoms. The van der Waals surface area contributed by atoms with Crippen molar-refractivity contribution in [1.29, 1.82) is 0 Å². The SMILES string of the molecule is CCOC(=O)CCCN1CC[C@@H](NC(=O)c2cc(Cl)c(N)cc2OC)[C@@H](OC)C1. The number of nitrogens with one attached hydrogen (secondary N) is 1. The van der Waals surface area contributed by atoms with E-state index < -0.39 is 0 Å². The predicted molar refractivity (Wildman–Crippen MR) is 111 cm³/mol. The number of nitrogen functional groups attached to an aromatic ring is 1. The van der Waals surface area contributed by atoms with E-state index in [4.69, 9.17) is 31.5 Å². The van der Waals surface area contributed by atoms with Crippen molar-refractivity contribution in [1.82, 2.24) is 10.2 Å². The monoisotopic (exact) mass is 427 g/mol. The van der Waals surface area contributed by atoms with E-state index in [1.807, 2.05) is 0 Å². The van der Waals surface area contributed by atoms with Gasteiger partial charge in [0, 0.05) is 32.7 Å². The Labute approximate surface area is 176 Å². The maximum Gasteiger partial charge on any atom is 0.305 e. The maximum atomic E-state index is 12.8. The first-order valence-corrected chi connectivity index (χ1v) is 10.1. The summed E-state index contributed by atoms with van der Waals surface area (Å²) in [4.78, 5) is 26.5. The minimum Gasteiger partial charge on any atom is -0.496 e. The summed E-state index contributed by atoms with van der Waals surface area (Å²) in [7, 11) is 3.11. The number of hydrogen-bond donors (Lipinski definition) is 2. The van der Waals surface area contributed by atoms with Crippen LogP contribution in [0.1, 0.15) is 36.5 Å². The number of halogens is 1. The first-order chi connectivity index (χ1) is 13.9. The summed E-state index contributed by atoms with van der Waals surface area (Å²) in [5.74, 6) is -0.0876. The number of carbonyl (C=O) groups is 2. The normalized spacial score (nSPS) is 19.6. The molecule has 1 saturated heterocycles. The lowest BCUT2D eigenvalue weighted by molar-refractivity contribution is -0.143. The molecule has 0 aliphatic carbocycles. The Kier molecular flexibility index (Phi) is 9.00. The van der Waals surface area contributed by atoms with Gasteiger partial charge in [0.25, 0.3) is 5.91 Å². The zero-order valence-electron chi connectivity index (χ0n) is 17.2. The van der Waals surface area contributed by atoms with Crippen molar-refractivity contribution < 1.29 is 23.8 Å². The zero-order valence-corrected chi connectivity index (χ0v) is 18.0. The molecule has 1 aliphatic rings. The number of benzene rings is 1. The number of anilines is 1. The fourth-order valence-electron chi connectivity index (χ4n) is 3.43. The standard InChI is InChI=1S/C20H30ClN3O5/c1-4-29-19(25)6-5-8-24-9-7-16(18(12-24)28-3)23-20(26)13-10-14(21)15(22)11-17(13)27-2/h10-11,16,18H,4-9,12,22H2,1-3H3,(H,23,26)/t16-,18+/m1/s1. The molecule has 0 unspecified atom stereocenters. The van der Waals surface area contributed by atoms with Gasteiger partial charge in [-0.1, -0.05) is 11.6 Å². The van der Waals surface area contributed by atoms with E-state index >= 15 is 0 Å². The van der Waals surface area contributed by atoms with Crippen molar-refractivity contribution in [3.63, 3.8) is 0 Å². The van der Waals surface area contributed by atoms with Crippen LogP contribution in [-0.4, -0.2) is 69.4 Å². The summed E-state index contributed by atoms with van der Waals surface area (Å²) < 4.78 is 15.8. The second-order valence-corrected chi connectivity index (χ2v) is 7.33. The van der Waals surface area contributed by atoms with Gasteiger partial charge in [0.15, 0.2) is 0 Å². The number of ether oxygens (including phenoxy) is 3. The van der Waals surface area contributed by atoms with Gasteiger partial charge in [-0.25, -0.2) is 0 Å². The molecule has 162 valence electrons. The number of carbonyl (C=O) groups excluding carboxylic acids is 2. The summed E-state index contributed by atoms with van der Waals surface area (Å²) in [6, 6.07) is 2.91. The Hall–Kier alpha value is -2.03. The highest BCUT2D eigenvalue weighted by Crippen LogP contribution is 2.29. The third-order valence-electron chi connectivity index (χ3n) is 4.99. The Bertz CT molecular complexity index is 716. The third kappa shape index (κ3) is 6.48. The molecule has 0 saturated carbocycles. The number of methoxy groups -OCH3 is 2. The van der Waals surface area contributed by atoms with Gasteiger partial charge < -0.3 is 30.2 Å². The van der Waals surface area contributed by atoms with Gasteiger partial charge in [-0.2, -0.15) is 0 Å². The largest absolute Gasteiger partial charge is 0.496 e. The average molecular weight is 428 g/mol. The molecule has 29 heavy (non-hydrogen) atoms. The molecule has 1 aliphatic heterocycles. The van der Waals surface area contributed by atoms with Crippen molar-refractivity contribution in [2.45, 2.75) is 38.3 Å². The highest BCUT2D eigenvalue weighted by molar-refractivity contribution is 6.33. The van der Waals surface area contributed by atoms with Gasteiger partial charge in [-0.05, 0) is 32.4 Å². The molecule has 2 atom stereocenters. The fourth-order valence-corrected chi connectivity index (χ4v) is 3.59. The molecule has 2 rings (SSSR count). The smallest absolute Gasteiger partial charge is 0.305 e. The van der Waals surface area contributed by atoms with E-state index in [1.54, 1.807) is 14.0 Å². The maximum absolute atomic E-state index is 12.8. The molecule has 1 amide bonds. The van der Waals surface area contributed by atoms with Crippen LogP contribution in [0, 0.1) is 0 Å². The zero-order chi connectivity index (χ0) is 21.4. The molecule has 1 fully saturated rings. The van der Waals surface area contributed by atoms with Crippen LogP contribution in [-0.2, 0) is 14.3 Å². The Morgan fingerprint density at radius 2 is 2.10 bits per heavy atom. The molecule has 1 heterocycles. The number of nitrogens with two attached hydrogens (primary N) is 1. The quantitative estimate of drug-likeness (QED) is 0.459. The Balaban J connectivity index is 1.93. The van der Waals surface area contributed by atoms with E-state index in [-0.39, 0.29) is 24.0 Å². The number of likely N-dealkylation sites (tertiary alicyclic amines) is 1. The minimum atomic E-state index is -0.286. The van der Waals surface area contributed by atoms with E-state index in [0.29, 0.717) is 41.6 Å². The van der Waals surface area contributed by atoms with Gasteiger partial charge in [-0.3, -0.25) is 9.59 Å². The number of rotatable bonds is 9. The summed E-state index contributed by atoms with van der Waals surface area (Å²) in [6.45, 7) is 4.45. The van der Waals surface area contributed by atoms with Gasteiger partial charge in [0.1, 0.15) is 5.75 Å². The number of amides is 1. The van der Waals surface area contributed by atoms with Crippen molar-refractivity contribution >= 4 is 29.2 Å². The lowest BCUT2D eigenvalue weighted by Gasteiger charge is -2.38. The summed E-state index contributed by atoms with van der Waals surface area (Å²) in [6.07, 6.45) is 1.70. The molecule has 8 nitrogen and oxygen atoms in total. The van der Waals surface area contributed by atoms with E-state index in [0.717, 1.165) is 25.9 Å². The topological polar surface area (TPSA) is 103 Å². The highest BCUT2D eigenvalue weighted by Gasteiger charge is 2.31. The number of esters is 1. The third-order valence-corrected chi connectivity index (χ3v) is 5.31. The lowest BCUT2D eigenvalue weighted by Crippen LogP contribution is -2.54. The van der Waals surface area contributed by atoms with Crippen molar-refractivity contribution in [2.75, 3.05) is 46.2 Å². The summed E-state index contributed by atoms with van der Waals surface area (Å²) >= 11 is 6.07. The van der Waals surface area contributed by atoms with E-state index in [1.165, 1.54) is 19.2 Å². The average Bonchev–Trinajstić information content (AvgIpc) is 2.70. The number of hydrogen-bond acceptors (Lipinski definition) is 7. The van der Waals surface area contributed by atoms with Gasteiger partial charge in [-0.15, -0.1) is 0 Å². The summed E-state index contributed by atoms with van der Waals surface area (Å²) in [5, 5.41) is 3.33. The second-order valence-electron chi connectivity index (χ2n) is 6.93. The fraction of sp³-hybridized carbons (Fsp3) is 0.600. The molecule has 9 heteroatoms. The second kappa shape index (κ2) is 11.2. The van der Waals surface area contributed by atoms with Crippen LogP contribution in [0.3, 0.4) is 0 Å².